The second kappa shape index (κ2) is 5.01. The van der Waals surface area contributed by atoms with Gasteiger partial charge in [-0.2, -0.15) is 0 Å². The van der Waals surface area contributed by atoms with Crippen molar-refractivity contribution in [2.45, 2.75) is 75.0 Å². The van der Waals surface area contributed by atoms with Crippen LogP contribution in [0, 0.1) is 11.8 Å². The predicted octanol–water partition coefficient (Wildman–Crippen LogP) is 2.13. The highest BCUT2D eigenvalue weighted by Crippen LogP contribution is 2.43. The zero-order valence-electron chi connectivity index (χ0n) is 12.2. The second-order valence-electron chi connectivity index (χ2n) is 7.04. The Bertz CT molecular complexity index is 403. The molecule has 0 saturated heterocycles. The molecule has 2 aliphatic rings. The van der Waals surface area contributed by atoms with Crippen LogP contribution in [0.25, 0.3) is 0 Å². The van der Waals surface area contributed by atoms with E-state index in [2.05, 4.69) is 13.8 Å². The lowest BCUT2D eigenvalue weighted by molar-refractivity contribution is 0.269. The third kappa shape index (κ3) is 2.57. The predicted molar refractivity (Wildman–Crippen MR) is 78.0 cm³/mol. The Morgan fingerprint density at radius 1 is 0.895 bits per heavy atom. The van der Waals surface area contributed by atoms with Crippen LogP contribution in [0.1, 0.15) is 65.2 Å². The van der Waals surface area contributed by atoms with Gasteiger partial charge in [0.05, 0.1) is 0 Å². The standard InChI is InChI=1S/C14H28N2O2S/c1-11-5-3-7-13(15,9-11)19(17,18)14(16)8-4-6-12(2)10-14/h11-12H,3-10,15-16H2,1-2H3. The highest BCUT2D eigenvalue weighted by atomic mass is 32.2. The van der Waals surface area contributed by atoms with Crippen LogP contribution in [-0.2, 0) is 9.84 Å². The van der Waals surface area contributed by atoms with Crippen molar-refractivity contribution in [3.8, 4) is 0 Å². The average molecular weight is 288 g/mol. The molecule has 2 rings (SSSR count). The van der Waals surface area contributed by atoms with E-state index in [0.717, 1.165) is 25.7 Å². The molecule has 0 heterocycles. The summed E-state index contributed by atoms with van der Waals surface area (Å²) in [5, 5.41) is 0. The largest absolute Gasteiger partial charge is 0.313 e. The molecule has 0 aromatic carbocycles. The van der Waals surface area contributed by atoms with Gasteiger partial charge in [0, 0.05) is 0 Å². The summed E-state index contributed by atoms with van der Waals surface area (Å²) in [6.45, 7) is 4.17. The Balaban J connectivity index is 2.30. The lowest BCUT2D eigenvalue weighted by atomic mass is 9.86. The number of hydrogen-bond donors (Lipinski definition) is 2. The Labute approximate surface area is 117 Å². The molecule has 2 fully saturated rings. The quantitative estimate of drug-likeness (QED) is 0.815. The molecule has 4 atom stereocenters. The van der Waals surface area contributed by atoms with Crippen molar-refractivity contribution in [2.75, 3.05) is 0 Å². The van der Waals surface area contributed by atoms with Crippen molar-refractivity contribution < 1.29 is 8.42 Å². The summed E-state index contributed by atoms with van der Waals surface area (Å²) >= 11 is 0. The monoisotopic (exact) mass is 288 g/mol. The van der Waals surface area contributed by atoms with Gasteiger partial charge in [-0.15, -0.1) is 0 Å². The number of rotatable bonds is 2. The molecule has 4 unspecified atom stereocenters. The molecule has 0 aromatic rings. The molecule has 112 valence electrons. The van der Waals surface area contributed by atoms with Crippen LogP contribution in [0.4, 0.5) is 0 Å². The van der Waals surface area contributed by atoms with E-state index in [4.69, 9.17) is 11.5 Å². The second-order valence-corrected chi connectivity index (χ2v) is 9.67. The van der Waals surface area contributed by atoms with Gasteiger partial charge in [0.1, 0.15) is 9.74 Å². The van der Waals surface area contributed by atoms with E-state index in [0.29, 0.717) is 37.5 Å². The van der Waals surface area contributed by atoms with E-state index in [9.17, 15) is 8.42 Å². The lowest BCUT2D eigenvalue weighted by Crippen LogP contribution is -2.63. The maximum atomic E-state index is 13.0. The summed E-state index contributed by atoms with van der Waals surface area (Å²) in [4.78, 5) is -2.20. The third-order valence-corrected chi connectivity index (χ3v) is 7.93. The van der Waals surface area contributed by atoms with Gasteiger partial charge in [-0.05, 0) is 37.5 Å². The molecule has 2 aliphatic carbocycles. The fourth-order valence-electron chi connectivity index (χ4n) is 3.98. The summed E-state index contributed by atoms with van der Waals surface area (Å²) in [5.41, 5.74) is 12.6. The topological polar surface area (TPSA) is 86.2 Å². The van der Waals surface area contributed by atoms with Gasteiger partial charge >= 0.3 is 0 Å². The summed E-state index contributed by atoms with van der Waals surface area (Å²) in [7, 11) is -3.49. The molecule has 5 heteroatoms. The van der Waals surface area contributed by atoms with Crippen LogP contribution in [0.15, 0.2) is 0 Å². The van der Waals surface area contributed by atoms with Crippen molar-refractivity contribution in [1.29, 1.82) is 0 Å². The fraction of sp³-hybridized carbons (Fsp3) is 1.00. The molecular formula is C14H28N2O2S. The van der Waals surface area contributed by atoms with Crippen molar-refractivity contribution in [2.24, 2.45) is 23.3 Å². The highest BCUT2D eigenvalue weighted by Gasteiger charge is 2.54. The van der Waals surface area contributed by atoms with E-state index in [1.165, 1.54) is 0 Å². The number of sulfone groups is 1. The molecule has 0 bridgehead atoms. The Morgan fingerprint density at radius 3 is 1.58 bits per heavy atom. The average Bonchev–Trinajstić information content (AvgIpc) is 2.27. The van der Waals surface area contributed by atoms with Gasteiger partial charge in [0.15, 0.2) is 9.84 Å². The first kappa shape index (κ1) is 15.3. The van der Waals surface area contributed by atoms with Gasteiger partial charge in [0.25, 0.3) is 0 Å². The summed E-state index contributed by atoms with van der Waals surface area (Å²) in [5.74, 6) is 0.747. The van der Waals surface area contributed by atoms with E-state index >= 15 is 0 Å². The summed E-state index contributed by atoms with van der Waals surface area (Å²) < 4.78 is 26.1. The smallest absolute Gasteiger partial charge is 0.187 e. The Morgan fingerprint density at radius 2 is 1.26 bits per heavy atom. The van der Waals surface area contributed by atoms with E-state index in [1.807, 2.05) is 0 Å². The van der Waals surface area contributed by atoms with Gasteiger partial charge in [-0.1, -0.05) is 39.5 Å². The van der Waals surface area contributed by atoms with Crippen LogP contribution in [-0.4, -0.2) is 18.2 Å². The van der Waals surface area contributed by atoms with Gasteiger partial charge < -0.3 is 11.5 Å². The maximum Gasteiger partial charge on any atom is 0.187 e. The first-order valence-electron chi connectivity index (χ1n) is 7.52. The van der Waals surface area contributed by atoms with Crippen LogP contribution in [0.3, 0.4) is 0 Å². The minimum atomic E-state index is -3.49. The molecule has 0 amide bonds. The van der Waals surface area contributed by atoms with E-state index in [-0.39, 0.29) is 0 Å². The van der Waals surface area contributed by atoms with Gasteiger partial charge in [-0.25, -0.2) is 8.42 Å². The molecule has 0 radical (unpaired) electrons. The zero-order chi connectivity index (χ0) is 14.3. The van der Waals surface area contributed by atoms with Crippen LogP contribution >= 0.6 is 0 Å². The Hall–Kier alpha value is -0.130. The van der Waals surface area contributed by atoms with Crippen LogP contribution in [0.5, 0.6) is 0 Å². The first-order valence-corrected chi connectivity index (χ1v) is 9.00. The van der Waals surface area contributed by atoms with E-state index in [1.54, 1.807) is 0 Å². The zero-order valence-corrected chi connectivity index (χ0v) is 13.0. The van der Waals surface area contributed by atoms with E-state index < -0.39 is 19.6 Å². The molecule has 0 aromatic heterocycles. The molecule has 0 aliphatic heterocycles. The summed E-state index contributed by atoms with van der Waals surface area (Å²) in [6.07, 6.45) is 6.17. The third-order valence-electron chi connectivity index (χ3n) is 5.05. The number of hydrogen-bond acceptors (Lipinski definition) is 4. The Kier molecular flexibility index (Phi) is 4.02. The minimum absolute atomic E-state index is 0.373. The maximum absolute atomic E-state index is 13.0. The minimum Gasteiger partial charge on any atom is -0.313 e. The SMILES string of the molecule is CC1CCCC(N)(S(=O)(=O)C2(N)CCCC(C)C2)C1. The molecule has 2 saturated carbocycles. The van der Waals surface area contributed by atoms with Gasteiger partial charge in [0.2, 0.25) is 0 Å². The normalized spacial score (nSPS) is 45.1. The van der Waals surface area contributed by atoms with Crippen molar-refractivity contribution in [3.63, 3.8) is 0 Å². The van der Waals surface area contributed by atoms with Gasteiger partial charge in [-0.3, -0.25) is 0 Å². The molecule has 4 nitrogen and oxygen atoms in total. The molecule has 0 spiro atoms. The van der Waals surface area contributed by atoms with Crippen LogP contribution in [0.2, 0.25) is 0 Å². The molecular weight excluding hydrogens is 260 g/mol. The van der Waals surface area contributed by atoms with Crippen molar-refractivity contribution >= 4 is 9.84 Å². The number of nitrogens with two attached hydrogens (primary N) is 2. The van der Waals surface area contributed by atoms with Crippen molar-refractivity contribution in [1.82, 2.24) is 0 Å². The lowest BCUT2D eigenvalue weighted by Gasteiger charge is -2.45. The molecule has 19 heavy (non-hydrogen) atoms. The summed E-state index contributed by atoms with van der Waals surface area (Å²) in [6, 6.07) is 0. The highest BCUT2D eigenvalue weighted by molar-refractivity contribution is 7.94. The first-order chi connectivity index (χ1) is 8.70. The molecule has 4 N–H and O–H groups in total. The fourth-order valence-corrected chi connectivity index (χ4v) is 6.62. The van der Waals surface area contributed by atoms with Crippen LogP contribution < -0.4 is 11.5 Å². The van der Waals surface area contributed by atoms with Crippen molar-refractivity contribution in [3.05, 3.63) is 0 Å².